The van der Waals surface area contributed by atoms with Gasteiger partial charge in [-0.25, -0.2) is 0 Å². The molecule has 0 aromatic carbocycles. The van der Waals surface area contributed by atoms with Gasteiger partial charge >= 0.3 is 0 Å². The Hall–Kier alpha value is -0.830. The molecule has 0 fully saturated rings. The molecule has 0 saturated heterocycles. The number of aliphatic hydroxyl groups excluding tert-OH is 1. The molecule has 0 amide bonds. The van der Waals surface area contributed by atoms with Crippen molar-refractivity contribution in [1.82, 2.24) is 0 Å². The van der Waals surface area contributed by atoms with Gasteiger partial charge in [0.15, 0.2) is 5.78 Å². The van der Waals surface area contributed by atoms with Crippen molar-refractivity contribution in [3.63, 3.8) is 0 Å². The normalized spacial score (nSPS) is 14.5. The highest BCUT2D eigenvalue weighted by molar-refractivity contribution is 5.89. The van der Waals surface area contributed by atoms with Gasteiger partial charge in [0.1, 0.15) is 11.9 Å². The van der Waals surface area contributed by atoms with Crippen molar-refractivity contribution in [3.8, 4) is 0 Å². The SMILES string of the molecule is CCCC(=O)C=C(O)C(C)OC(C)C. The van der Waals surface area contributed by atoms with Gasteiger partial charge < -0.3 is 9.84 Å². The van der Waals surface area contributed by atoms with E-state index in [1.54, 1.807) is 6.92 Å². The van der Waals surface area contributed by atoms with E-state index in [1.807, 2.05) is 20.8 Å². The predicted molar refractivity (Wildman–Crippen MR) is 56.3 cm³/mol. The summed E-state index contributed by atoms with van der Waals surface area (Å²) in [5.41, 5.74) is 0. The van der Waals surface area contributed by atoms with Crippen molar-refractivity contribution in [2.75, 3.05) is 0 Å². The Morgan fingerprint density at radius 1 is 1.43 bits per heavy atom. The zero-order chi connectivity index (χ0) is 11.1. The van der Waals surface area contributed by atoms with E-state index in [0.717, 1.165) is 6.42 Å². The quantitative estimate of drug-likeness (QED) is 0.529. The minimum absolute atomic E-state index is 0.0113. The first-order valence-electron chi connectivity index (χ1n) is 5.06. The Bertz CT molecular complexity index is 207. The summed E-state index contributed by atoms with van der Waals surface area (Å²) in [6, 6.07) is 0. The molecule has 0 bridgehead atoms. The van der Waals surface area contributed by atoms with Gasteiger partial charge in [-0.2, -0.15) is 0 Å². The van der Waals surface area contributed by atoms with Crippen molar-refractivity contribution in [3.05, 3.63) is 11.8 Å². The summed E-state index contributed by atoms with van der Waals surface area (Å²) in [4.78, 5) is 11.2. The summed E-state index contributed by atoms with van der Waals surface area (Å²) < 4.78 is 5.32. The third kappa shape index (κ3) is 5.75. The number of ether oxygens (including phenoxy) is 1. The van der Waals surface area contributed by atoms with Crippen LogP contribution in [0.4, 0.5) is 0 Å². The molecule has 0 aromatic heterocycles. The monoisotopic (exact) mass is 200 g/mol. The molecule has 3 nitrogen and oxygen atoms in total. The number of aliphatic hydroxyl groups is 1. The standard InChI is InChI=1S/C11H20O3/c1-5-6-10(12)7-11(13)9(4)14-8(2)3/h7-9,13H,5-6H2,1-4H3. The molecule has 0 rings (SSSR count). The fourth-order valence-corrected chi connectivity index (χ4v) is 1.08. The Morgan fingerprint density at radius 2 is 2.00 bits per heavy atom. The first-order valence-corrected chi connectivity index (χ1v) is 5.06. The molecular formula is C11H20O3. The lowest BCUT2D eigenvalue weighted by atomic mass is 10.2. The number of ketones is 1. The van der Waals surface area contributed by atoms with Crippen LogP contribution in [-0.2, 0) is 9.53 Å². The Labute approximate surface area is 85.8 Å². The van der Waals surface area contributed by atoms with Crippen LogP contribution < -0.4 is 0 Å². The number of carbonyl (C=O) groups is 1. The molecule has 0 spiro atoms. The lowest BCUT2D eigenvalue weighted by Crippen LogP contribution is -2.17. The van der Waals surface area contributed by atoms with Crippen LogP contribution in [0, 0.1) is 0 Å². The van der Waals surface area contributed by atoms with Crippen LogP contribution in [0.5, 0.6) is 0 Å². The van der Waals surface area contributed by atoms with Gasteiger partial charge in [-0.15, -0.1) is 0 Å². The maximum Gasteiger partial charge on any atom is 0.159 e. The molecule has 0 aliphatic rings. The molecule has 1 N–H and O–H groups in total. The molecule has 82 valence electrons. The van der Waals surface area contributed by atoms with E-state index in [4.69, 9.17) is 4.74 Å². The summed E-state index contributed by atoms with van der Waals surface area (Å²) >= 11 is 0. The fraction of sp³-hybridized carbons (Fsp3) is 0.727. The summed E-state index contributed by atoms with van der Waals surface area (Å²) in [5, 5.41) is 9.48. The van der Waals surface area contributed by atoms with Gasteiger partial charge in [0, 0.05) is 12.5 Å². The maximum atomic E-state index is 11.2. The third-order valence-electron chi connectivity index (χ3n) is 1.70. The summed E-state index contributed by atoms with van der Waals surface area (Å²) in [7, 11) is 0. The van der Waals surface area contributed by atoms with Gasteiger partial charge in [0.05, 0.1) is 6.10 Å². The molecule has 1 atom stereocenters. The lowest BCUT2D eigenvalue weighted by Gasteiger charge is -2.14. The third-order valence-corrected chi connectivity index (χ3v) is 1.70. The number of rotatable bonds is 6. The van der Waals surface area contributed by atoms with Crippen molar-refractivity contribution in [2.24, 2.45) is 0 Å². The number of hydrogen-bond acceptors (Lipinski definition) is 3. The van der Waals surface area contributed by atoms with E-state index in [9.17, 15) is 9.90 Å². The molecule has 14 heavy (non-hydrogen) atoms. The first-order chi connectivity index (χ1) is 6.47. The molecule has 3 heteroatoms. The average Bonchev–Trinajstić information content (AvgIpc) is 2.02. The van der Waals surface area contributed by atoms with E-state index < -0.39 is 6.10 Å². The molecule has 0 heterocycles. The van der Waals surface area contributed by atoms with Gasteiger partial charge in [-0.3, -0.25) is 4.79 Å². The van der Waals surface area contributed by atoms with Crippen molar-refractivity contribution in [2.45, 2.75) is 52.7 Å². The number of carbonyl (C=O) groups excluding carboxylic acids is 1. The highest BCUT2D eigenvalue weighted by Gasteiger charge is 2.10. The molecule has 0 aliphatic carbocycles. The smallest absolute Gasteiger partial charge is 0.159 e. The minimum Gasteiger partial charge on any atom is -0.509 e. The highest BCUT2D eigenvalue weighted by Crippen LogP contribution is 2.07. The molecule has 1 unspecified atom stereocenters. The Balaban J connectivity index is 4.15. The van der Waals surface area contributed by atoms with Gasteiger partial charge in [0.2, 0.25) is 0 Å². The van der Waals surface area contributed by atoms with Crippen LogP contribution in [0.15, 0.2) is 11.8 Å². The van der Waals surface area contributed by atoms with Crippen LogP contribution in [0.25, 0.3) is 0 Å². The van der Waals surface area contributed by atoms with Crippen LogP contribution in [-0.4, -0.2) is 23.1 Å². The predicted octanol–water partition coefficient (Wildman–Crippen LogP) is 2.61. The zero-order valence-corrected chi connectivity index (χ0v) is 9.41. The second-order valence-electron chi connectivity index (χ2n) is 3.61. The van der Waals surface area contributed by atoms with E-state index in [-0.39, 0.29) is 17.6 Å². The fourth-order valence-electron chi connectivity index (χ4n) is 1.08. The van der Waals surface area contributed by atoms with Crippen molar-refractivity contribution in [1.29, 1.82) is 0 Å². The second kappa shape index (κ2) is 6.60. The Morgan fingerprint density at radius 3 is 2.43 bits per heavy atom. The highest BCUT2D eigenvalue weighted by atomic mass is 16.5. The van der Waals surface area contributed by atoms with E-state index >= 15 is 0 Å². The average molecular weight is 200 g/mol. The molecule has 0 aromatic rings. The molecule has 0 radical (unpaired) electrons. The van der Waals surface area contributed by atoms with E-state index in [0.29, 0.717) is 6.42 Å². The summed E-state index contributed by atoms with van der Waals surface area (Å²) in [6.45, 7) is 7.43. The summed E-state index contributed by atoms with van der Waals surface area (Å²) in [5.74, 6) is -0.0404. The topological polar surface area (TPSA) is 46.5 Å². The first kappa shape index (κ1) is 13.2. The summed E-state index contributed by atoms with van der Waals surface area (Å²) in [6.07, 6.45) is 2.16. The molecule has 0 saturated carbocycles. The number of hydrogen-bond donors (Lipinski definition) is 1. The lowest BCUT2D eigenvalue weighted by molar-refractivity contribution is -0.114. The maximum absolute atomic E-state index is 11.2. The van der Waals surface area contributed by atoms with Crippen LogP contribution in [0.2, 0.25) is 0 Å². The minimum atomic E-state index is -0.407. The van der Waals surface area contributed by atoms with Crippen LogP contribution >= 0.6 is 0 Å². The number of allylic oxidation sites excluding steroid dienone is 1. The second-order valence-corrected chi connectivity index (χ2v) is 3.61. The molecule has 0 aliphatic heterocycles. The van der Waals surface area contributed by atoms with Gasteiger partial charge in [-0.1, -0.05) is 6.92 Å². The largest absolute Gasteiger partial charge is 0.509 e. The molecular weight excluding hydrogens is 180 g/mol. The van der Waals surface area contributed by atoms with Crippen LogP contribution in [0.1, 0.15) is 40.5 Å². The van der Waals surface area contributed by atoms with E-state index in [2.05, 4.69) is 0 Å². The van der Waals surface area contributed by atoms with Gasteiger partial charge in [-0.05, 0) is 27.2 Å². The van der Waals surface area contributed by atoms with Gasteiger partial charge in [0.25, 0.3) is 0 Å². The van der Waals surface area contributed by atoms with Crippen molar-refractivity contribution >= 4 is 5.78 Å². The van der Waals surface area contributed by atoms with E-state index in [1.165, 1.54) is 6.08 Å². The van der Waals surface area contributed by atoms with Crippen LogP contribution in [0.3, 0.4) is 0 Å². The Kier molecular flexibility index (Phi) is 6.21. The zero-order valence-electron chi connectivity index (χ0n) is 9.41. The van der Waals surface area contributed by atoms with Crippen molar-refractivity contribution < 1.29 is 14.6 Å².